The van der Waals surface area contributed by atoms with Crippen molar-refractivity contribution in [3.05, 3.63) is 36.8 Å². The Kier molecular flexibility index (Phi) is 3.43. The molecular weight excluding hydrogens is 346 g/mol. The molecule has 0 saturated heterocycles. The average molecular weight is 365 g/mol. The molecule has 3 aromatic heterocycles. The first-order chi connectivity index (χ1) is 13.1. The highest BCUT2D eigenvalue weighted by Gasteiger charge is 2.47. The molecule has 4 atom stereocenters. The van der Waals surface area contributed by atoms with Gasteiger partial charge >= 0.3 is 6.09 Å². The van der Waals surface area contributed by atoms with E-state index in [0.29, 0.717) is 17.4 Å². The van der Waals surface area contributed by atoms with Crippen molar-refractivity contribution in [1.29, 1.82) is 0 Å². The van der Waals surface area contributed by atoms with Gasteiger partial charge in [-0.2, -0.15) is 5.10 Å². The third kappa shape index (κ3) is 2.62. The van der Waals surface area contributed by atoms with Crippen molar-refractivity contribution in [1.82, 2.24) is 24.7 Å². The lowest BCUT2D eigenvalue weighted by atomic mass is 9.98. The number of anilines is 1. The predicted molar refractivity (Wildman–Crippen MR) is 98.7 cm³/mol. The Labute approximate surface area is 154 Å². The number of carbonyl (C=O) groups is 1. The molecule has 3 aromatic rings. The molecule has 0 radical (unpaired) electrons. The highest BCUT2D eigenvalue weighted by Crippen LogP contribution is 2.43. The number of nitrogens with zero attached hydrogens (tertiary/aromatic N) is 4. The van der Waals surface area contributed by atoms with Crippen molar-refractivity contribution in [3.63, 3.8) is 0 Å². The number of ether oxygens (including phenoxy) is 1. The van der Waals surface area contributed by atoms with Gasteiger partial charge in [0, 0.05) is 31.3 Å². The molecule has 2 aliphatic rings. The van der Waals surface area contributed by atoms with E-state index in [1.54, 1.807) is 17.1 Å². The summed E-state index contributed by atoms with van der Waals surface area (Å²) in [7, 11) is 1.86. The minimum Gasteiger partial charge on any atom is -0.444 e. The first kappa shape index (κ1) is 15.9. The molecule has 0 unspecified atom stereocenters. The Morgan fingerprint density at radius 1 is 1.41 bits per heavy atom. The van der Waals surface area contributed by atoms with Gasteiger partial charge in [-0.3, -0.25) is 4.68 Å². The number of pyridine rings is 1. The fourth-order valence-electron chi connectivity index (χ4n) is 4.15. The molecule has 1 amide bonds. The maximum atomic E-state index is 11.3. The summed E-state index contributed by atoms with van der Waals surface area (Å²) in [6.07, 6.45) is 9.57. The molecule has 9 heteroatoms. The Morgan fingerprint density at radius 3 is 3.04 bits per heavy atom. The number of rotatable bonds is 4. The van der Waals surface area contributed by atoms with Crippen molar-refractivity contribution in [2.24, 2.45) is 24.6 Å². The summed E-state index contributed by atoms with van der Waals surface area (Å²) in [5, 5.41) is 7.71. The van der Waals surface area contributed by atoms with E-state index in [9.17, 15) is 4.79 Å². The van der Waals surface area contributed by atoms with Crippen LogP contribution in [0.2, 0.25) is 0 Å². The minimum absolute atomic E-state index is 0.0387. The van der Waals surface area contributed by atoms with E-state index >= 15 is 0 Å². The highest BCUT2D eigenvalue weighted by atomic mass is 16.6. The van der Waals surface area contributed by atoms with Crippen LogP contribution >= 0.6 is 0 Å². The number of aryl methyl sites for hydroxylation is 1. The van der Waals surface area contributed by atoms with Crippen LogP contribution < -0.4 is 11.1 Å². The van der Waals surface area contributed by atoms with Gasteiger partial charge in [0.2, 0.25) is 0 Å². The van der Waals surface area contributed by atoms with Gasteiger partial charge in [0.25, 0.3) is 0 Å². The Balaban J connectivity index is 1.49. The van der Waals surface area contributed by atoms with Crippen LogP contribution in [0.5, 0.6) is 0 Å². The van der Waals surface area contributed by atoms with Crippen LogP contribution in [-0.2, 0) is 11.8 Å². The molecule has 0 spiro atoms. The second kappa shape index (κ2) is 5.83. The van der Waals surface area contributed by atoms with E-state index in [4.69, 9.17) is 10.5 Å². The zero-order chi connectivity index (χ0) is 18.5. The van der Waals surface area contributed by atoms with Gasteiger partial charge in [0.05, 0.1) is 23.5 Å². The standard InChI is InChI=1S/C18H19N7O2/c1-25-8-11(7-21-25)16-23-14-12(4-5-20-17(14)24-16)22-13-9-2-3-10(6-9)15(13)27-18(19)26/h2-5,7-10,13,15H,6H2,1H3,(H2,19,26)(H2,20,22,23,24)/t9-,10+,13+,15-/m0/s1. The summed E-state index contributed by atoms with van der Waals surface area (Å²) >= 11 is 0. The van der Waals surface area contributed by atoms with Crippen LogP contribution in [0.25, 0.3) is 22.6 Å². The molecule has 0 aromatic carbocycles. The van der Waals surface area contributed by atoms with Crippen molar-refractivity contribution in [2.75, 3.05) is 5.32 Å². The lowest BCUT2D eigenvalue weighted by Crippen LogP contribution is -2.41. The van der Waals surface area contributed by atoms with Gasteiger partial charge in [-0.1, -0.05) is 12.2 Å². The van der Waals surface area contributed by atoms with E-state index in [1.807, 2.05) is 19.3 Å². The third-order valence-corrected chi connectivity index (χ3v) is 5.33. The normalized spacial score (nSPS) is 26.0. The SMILES string of the molecule is Cn1cc(-c2nc3nccc(N[C@H]4[C@@H](OC(N)=O)[C@@H]5C=C[C@H]4C5)c3[nH]2)cn1. The highest BCUT2D eigenvalue weighted by molar-refractivity contribution is 5.87. The molecule has 1 fully saturated rings. The number of hydrogen-bond acceptors (Lipinski definition) is 6. The van der Waals surface area contributed by atoms with E-state index in [2.05, 4.69) is 37.5 Å². The lowest BCUT2D eigenvalue weighted by Gasteiger charge is -2.28. The number of aromatic nitrogens is 5. The number of aromatic amines is 1. The quantitative estimate of drug-likeness (QED) is 0.606. The molecule has 2 aliphatic carbocycles. The van der Waals surface area contributed by atoms with Gasteiger partial charge in [-0.15, -0.1) is 0 Å². The number of amides is 1. The maximum Gasteiger partial charge on any atom is 0.404 e. The second-order valence-corrected chi connectivity index (χ2v) is 7.07. The molecule has 138 valence electrons. The summed E-state index contributed by atoms with van der Waals surface area (Å²) in [4.78, 5) is 23.6. The van der Waals surface area contributed by atoms with Crippen LogP contribution in [0.15, 0.2) is 36.8 Å². The minimum atomic E-state index is -0.743. The van der Waals surface area contributed by atoms with Gasteiger partial charge in [-0.25, -0.2) is 14.8 Å². The van der Waals surface area contributed by atoms with Crippen molar-refractivity contribution < 1.29 is 9.53 Å². The first-order valence-electron chi connectivity index (χ1n) is 8.83. The lowest BCUT2D eigenvalue weighted by molar-refractivity contribution is 0.0854. The van der Waals surface area contributed by atoms with Crippen molar-refractivity contribution in [2.45, 2.75) is 18.6 Å². The second-order valence-electron chi connectivity index (χ2n) is 7.07. The number of nitrogens with one attached hydrogen (secondary N) is 2. The third-order valence-electron chi connectivity index (χ3n) is 5.33. The van der Waals surface area contributed by atoms with Gasteiger partial charge < -0.3 is 20.8 Å². The molecule has 2 bridgehead atoms. The molecule has 5 rings (SSSR count). The van der Waals surface area contributed by atoms with Gasteiger partial charge in [0.15, 0.2) is 5.65 Å². The van der Waals surface area contributed by atoms with Crippen LogP contribution in [0, 0.1) is 11.8 Å². The number of carbonyl (C=O) groups excluding carboxylic acids is 1. The van der Waals surface area contributed by atoms with Crippen molar-refractivity contribution >= 4 is 22.9 Å². The molecule has 27 heavy (non-hydrogen) atoms. The fraction of sp³-hybridized carbons (Fsp3) is 0.333. The molecule has 3 heterocycles. The zero-order valence-corrected chi connectivity index (χ0v) is 14.7. The molecule has 0 aliphatic heterocycles. The monoisotopic (exact) mass is 365 g/mol. The summed E-state index contributed by atoms with van der Waals surface area (Å²) in [6.45, 7) is 0. The van der Waals surface area contributed by atoms with Crippen LogP contribution in [-0.4, -0.2) is 43.0 Å². The summed E-state index contributed by atoms with van der Waals surface area (Å²) in [6, 6.07) is 1.85. The number of nitrogens with two attached hydrogens (primary N) is 1. The van der Waals surface area contributed by atoms with E-state index in [0.717, 1.165) is 23.2 Å². The maximum absolute atomic E-state index is 11.3. The van der Waals surface area contributed by atoms with E-state index < -0.39 is 6.09 Å². The largest absolute Gasteiger partial charge is 0.444 e. The fourth-order valence-corrected chi connectivity index (χ4v) is 4.15. The van der Waals surface area contributed by atoms with Crippen molar-refractivity contribution in [3.8, 4) is 11.4 Å². The molecule has 4 N–H and O–H groups in total. The number of primary amides is 1. The van der Waals surface area contributed by atoms with Gasteiger partial charge in [-0.05, 0) is 12.5 Å². The van der Waals surface area contributed by atoms with Crippen LogP contribution in [0.3, 0.4) is 0 Å². The summed E-state index contributed by atoms with van der Waals surface area (Å²) in [5.41, 5.74) is 8.45. The Bertz CT molecular complexity index is 1050. The molecular formula is C18H19N7O2. The van der Waals surface area contributed by atoms with Gasteiger partial charge in [0.1, 0.15) is 17.4 Å². The zero-order valence-electron chi connectivity index (χ0n) is 14.7. The number of imidazole rings is 1. The average Bonchev–Trinajstić information content (AvgIpc) is 3.39. The smallest absolute Gasteiger partial charge is 0.404 e. The Hall–Kier alpha value is -3.36. The number of fused-ring (bicyclic) bond motifs is 3. The Morgan fingerprint density at radius 2 is 2.26 bits per heavy atom. The summed E-state index contributed by atoms with van der Waals surface area (Å²) in [5.74, 6) is 1.20. The molecule has 9 nitrogen and oxygen atoms in total. The van der Waals surface area contributed by atoms with Crippen LogP contribution in [0.4, 0.5) is 10.5 Å². The van der Waals surface area contributed by atoms with E-state index in [-0.39, 0.29) is 18.1 Å². The topological polar surface area (TPSA) is 124 Å². The number of hydrogen-bond donors (Lipinski definition) is 3. The molecule has 1 saturated carbocycles. The first-order valence-corrected chi connectivity index (χ1v) is 8.83. The number of H-pyrrole nitrogens is 1. The van der Waals surface area contributed by atoms with Crippen LogP contribution in [0.1, 0.15) is 6.42 Å². The predicted octanol–water partition coefficient (Wildman–Crippen LogP) is 1.81. The summed E-state index contributed by atoms with van der Waals surface area (Å²) < 4.78 is 7.12. The van der Waals surface area contributed by atoms with E-state index in [1.165, 1.54) is 0 Å².